The first-order chi connectivity index (χ1) is 2.56. The number of hydrogen-bond acceptors (Lipinski definition) is 2. The fraction of sp³-hybridized carbons (Fsp3) is 0. The Balaban J connectivity index is -0.0000000208. The van der Waals surface area contributed by atoms with Gasteiger partial charge in [0, 0.05) is 9.47 Å². The van der Waals surface area contributed by atoms with E-state index in [1.807, 2.05) is 0 Å². The fourth-order valence-corrected chi connectivity index (χ4v) is 0. The Morgan fingerprint density at radius 3 is 1.62 bits per heavy atom. The van der Waals surface area contributed by atoms with Gasteiger partial charge in [0.2, 0.25) is 0 Å². The molecule has 8 heavy (non-hydrogen) atoms. The monoisotopic (exact) mass is 178 g/mol. The van der Waals surface area contributed by atoms with E-state index >= 15 is 0 Å². The second kappa shape index (κ2) is 7.64. The molecule has 0 rings (SSSR count). The molecule has 0 fully saturated rings. The number of phosphoric acid groups is 1. The van der Waals surface area contributed by atoms with Crippen molar-refractivity contribution in [2.24, 2.45) is 0 Å². The molecule has 0 aromatic heterocycles. The summed E-state index contributed by atoms with van der Waals surface area (Å²) in [5.74, 6) is 0. The molecule has 0 heterocycles. The average molecular weight is 178 g/mol. The van der Waals surface area contributed by atoms with E-state index in [1.54, 1.807) is 0 Å². The number of hydrogen-bond donors (Lipinski definition) is 2. The van der Waals surface area contributed by atoms with Gasteiger partial charge < -0.3 is 12.6 Å². The van der Waals surface area contributed by atoms with Crippen LogP contribution >= 0.6 is 17.3 Å². The van der Waals surface area contributed by atoms with Crippen molar-refractivity contribution in [3.05, 3.63) is 0 Å². The molecule has 0 spiro atoms. The normalized spacial score (nSPS) is 8.88. The minimum atomic E-state index is -4.18. The third-order valence-electron chi connectivity index (χ3n) is 0.137. The molecule has 0 saturated carbocycles. The summed E-state index contributed by atoms with van der Waals surface area (Å²) in [5.41, 5.74) is 0. The van der Waals surface area contributed by atoms with Gasteiger partial charge in [0.05, 0.1) is 0 Å². The SMILES string of the molecule is O=P(O)(O)OP.[H-].[H-].[Na+].[Na+]. The van der Waals surface area contributed by atoms with Crippen molar-refractivity contribution in [3.63, 3.8) is 0 Å². The van der Waals surface area contributed by atoms with E-state index in [1.165, 1.54) is 9.47 Å². The van der Waals surface area contributed by atoms with Crippen molar-refractivity contribution in [2.75, 3.05) is 0 Å². The van der Waals surface area contributed by atoms with Crippen LogP contribution in [0.1, 0.15) is 2.85 Å². The van der Waals surface area contributed by atoms with Gasteiger partial charge in [0.1, 0.15) is 0 Å². The van der Waals surface area contributed by atoms with E-state index in [0.717, 1.165) is 0 Å². The zero-order valence-electron chi connectivity index (χ0n) is 6.74. The molecule has 1 atom stereocenters. The van der Waals surface area contributed by atoms with Crippen molar-refractivity contribution in [3.8, 4) is 0 Å². The van der Waals surface area contributed by atoms with Gasteiger partial charge in [-0.25, -0.2) is 4.57 Å². The summed E-state index contributed by atoms with van der Waals surface area (Å²) >= 11 is 0. The molecule has 1 unspecified atom stereocenters. The van der Waals surface area contributed by atoms with Gasteiger partial charge in [-0.05, 0) is 0 Å². The molecular weight excluding hydrogens is 172 g/mol. The van der Waals surface area contributed by atoms with E-state index in [2.05, 4.69) is 4.31 Å². The third kappa shape index (κ3) is 15.8. The van der Waals surface area contributed by atoms with Crippen LogP contribution in [0.2, 0.25) is 0 Å². The predicted molar refractivity (Wildman–Crippen MR) is 25.1 cm³/mol. The van der Waals surface area contributed by atoms with Crippen LogP contribution in [0.15, 0.2) is 0 Å². The minimum Gasteiger partial charge on any atom is -1.00 e. The van der Waals surface area contributed by atoms with Gasteiger partial charge in [-0.3, -0.25) is 4.31 Å². The van der Waals surface area contributed by atoms with Crippen molar-refractivity contribution in [1.82, 2.24) is 0 Å². The van der Waals surface area contributed by atoms with Gasteiger partial charge in [-0.1, -0.05) is 0 Å². The summed E-state index contributed by atoms with van der Waals surface area (Å²) in [6.07, 6.45) is 0. The van der Waals surface area contributed by atoms with Crippen LogP contribution < -0.4 is 59.1 Å². The van der Waals surface area contributed by atoms with E-state index in [-0.39, 0.29) is 62.0 Å². The molecule has 4 nitrogen and oxygen atoms in total. The van der Waals surface area contributed by atoms with Crippen LogP contribution in [-0.2, 0) is 8.88 Å². The van der Waals surface area contributed by atoms with Gasteiger partial charge in [-0.15, -0.1) is 0 Å². The zero-order chi connectivity index (χ0) is 5.21. The largest absolute Gasteiger partial charge is 1.00 e. The molecule has 0 aliphatic rings. The molecule has 2 N–H and O–H groups in total. The molecule has 0 amide bonds. The van der Waals surface area contributed by atoms with E-state index in [4.69, 9.17) is 9.79 Å². The molecule has 8 heteroatoms. The summed E-state index contributed by atoms with van der Waals surface area (Å²) in [4.78, 5) is 15.4. The Morgan fingerprint density at radius 2 is 1.62 bits per heavy atom. The van der Waals surface area contributed by atoms with Crippen LogP contribution in [0.3, 0.4) is 0 Å². The molecule has 42 valence electrons. The van der Waals surface area contributed by atoms with Crippen LogP contribution in [0, 0.1) is 0 Å². The Labute approximate surface area is 96.8 Å². The first kappa shape index (κ1) is 16.9. The fourth-order valence-electron chi connectivity index (χ4n) is 0. The zero-order valence-corrected chi connectivity index (χ0v) is 10.8. The van der Waals surface area contributed by atoms with Gasteiger partial charge in [0.15, 0.2) is 0 Å². The van der Waals surface area contributed by atoms with Gasteiger partial charge in [-0.2, -0.15) is 0 Å². The maximum atomic E-state index is 9.45. The Morgan fingerprint density at radius 1 is 1.50 bits per heavy atom. The molecule has 0 saturated heterocycles. The topological polar surface area (TPSA) is 66.8 Å². The van der Waals surface area contributed by atoms with Crippen LogP contribution in [-0.4, -0.2) is 9.79 Å². The van der Waals surface area contributed by atoms with Gasteiger partial charge in [0.25, 0.3) is 0 Å². The summed E-state index contributed by atoms with van der Waals surface area (Å²) in [6.45, 7) is 0. The molecule has 0 aliphatic carbocycles. The molecule has 0 bridgehead atoms. The van der Waals surface area contributed by atoms with Crippen molar-refractivity contribution in [2.45, 2.75) is 0 Å². The average Bonchev–Trinajstić information content (AvgIpc) is 1.35. The van der Waals surface area contributed by atoms with Crippen molar-refractivity contribution in [1.29, 1.82) is 0 Å². The Kier molecular flexibility index (Phi) is 16.1. The van der Waals surface area contributed by atoms with E-state index < -0.39 is 7.82 Å². The summed E-state index contributed by atoms with van der Waals surface area (Å²) < 4.78 is 13.0. The van der Waals surface area contributed by atoms with Crippen LogP contribution in [0.5, 0.6) is 0 Å². The van der Waals surface area contributed by atoms with Crippen LogP contribution in [0.25, 0.3) is 0 Å². The van der Waals surface area contributed by atoms with E-state index in [0.29, 0.717) is 0 Å². The molecular formula is H6Na2O4P2. The smallest absolute Gasteiger partial charge is 1.00 e. The minimum absolute atomic E-state index is 0. The maximum Gasteiger partial charge on any atom is 1.00 e. The standard InChI is InChI=1S/2Na.H4O4P2.2H/c;;1-6(2,3)4-5;;/h;;5H2,(H2,1,2,3);;/q2*+1;;2*-1. The second-order valence-electron chi connectivity index (χ2n) is 0.596. The van der Waals surface area contributed by atoms with Crippen LogP contribution in [0.4, 0.5) is 0 Å². The van der Waals surface area contributed by atoms with Gasteiger partial charge >= 0.3 is 66.9 Å². The second-order valence-corrected chi connectivity index (χ2v) is 2.42. The molecule has 0 aromatic rings. The van der Waals surface area contributed by atoms with Crippen molar-refractivity contribution >= 4 is 17.3 Å². The molecule has 0 aliphatic heterocycles. The summed E-state index contributed by atoms with van der Waals surface area (Å²) in [6, 6.07) is 0. The Hall–Kier alpha value is 2.54. The molecule has 0 radical (unpaired) electrons. The third-order valence-corrected chi connectivity index (χ3v) is 1.24. The molecule has 0 aromatic carbocycles. The summed E-state index contributed by atoms with van der Waals surface area (Å²) in [5, 5.41) is 0. The van der Waals surface area contributed by atoms with E-state index in [9.17, 15) is 4.57 Å². The summed E-state index contributed by atoms with van der Waals surface area (Å²) in [7, 11) is -2.72. The quantitative estimate of drug-likeness (QED) is 0.310. The maximum absolute atomic E-state index is 9.45. The first-order valence-corrected chi connectivity index (χ1v) is 3.00. The Bertz CT molecular complexity index is 83.3. The van der Waals surface area contributed by atoms with Crippen molar-refractivity contribution < 1.29 is 80.6 Å². The number of rotatable bonds is 1. The first-order valence-electron chi connectivity index (χ1n) is 1.00. The predicted octanol–water partition coefficient (Wildman–Crippen LogP) is -5.88.